The van der Waals surface area contributed by atoms with Crippen molar-refractivity contribution in [3.63, 3.8) is 0 Å². The molecule has 0 unspecified atom stereocenters. The molecule has 3 amide bonds. The SMILES string of the molecule is O=C([C@H]1CN([C@@H]2c3ccc(Cl)cc3CCc3cc(Br)cnc32)CCN1)N(CCCn1ccnc1)Cc1cccnc1.O=C([C@H]1CN([C@H]2c3ccc(Cl)cc3CCc3cc(Br)cnc32)CCN1)N(CCCn1ccnc1)Cc1cccnc1.O=C([C@H]1CNCCN1)N(CCCn1ccnc1)Cc1cccnc1. The first-order chi connectivity index (χ1) is 51.9. The van der Waals surface area contributed by atoms with E-state index in [4.69, 9.17) is 33.2 Å². The van der Waals surface area contributed by atoms with Gasteiger partial charge in [-0.3, -0.25) is 49.1 Å². The largest absolute Gasteiger partial charge is 0.337 e. The molecule has 0 spiro atoms. The summed E-state index contributed by atoms with van der Waals surface area (Å²) in [5.41, 5.74) is 12.6. The van der Waals surface area contributed by atoms with Gasteiger partial charge in [-0.1, -0.05) is 53.5 Å². The first-order valence-corrected chi connectivity index (χ1v) is 38.9. The number of hydrogen-bond acceptors (Lipinski definition) is 17. The van der Waals surface area contributed by atoms with Crippen LogP contribution in [-0.2, 0) is 79.3 Å². The van der Waals surface area contributed by atoms with Crippen LogP contribution in [0.25, 0.3) is 0 Å². The van der Waals surface area contributed by atoms with Gasteiger partial charge in [-0.15, -0.1) is 0 Å². The quantitative estimate of drug-likeness (QED) is 0.0467. The van der Waals surface area contributed by atoms with Gasteiger partial charge in [0.2, 0.25) is 17.7 Å². The van der Waals surface area contributed by atoms with Crippen molar-refractivity contribution in [2.75, 3.05) is 78.5 Å². The van der Waals surface area contributed by atoms with Crippen LogP contribution in [0.3, 0.4) is 0 Å². The number of imidazole rings is 3. The summed E-state index contributed by atoms with van der Waals surface area (Å²) in [6.45, 7) is 12.8. The summed E-state index contributed by atoms with van der Waals surface area (Å²) < 4.78 is 8.09. The Bertz CT molecular complexity index is 4100. The highest BCUT2D eigenvalue weighted by atomic mass is 79.9. The topological polar surface area (TPSA) is 233 Å². The second-order valence-electron chi connectivity index (χ2n) is 27.4. The molecule has 106 heavy (non-hydrogen) atoms. The lowest BCUT2D eigenvalue weighted by Gasteiger charge is -2.40. The predicted octanol–water partition coefficient (Wildman–Crippen LogP) is 9.60. The van der Waals surface area contributed by atoms with Crippen molar-refractivity contribution < 1.29 is 14.4 Å². The number of carbonyl (C=O) groups is 3. The van der Waals surface area contributed by atoms with Gasteiger partial charge in [-0.05, 0) is 181 Å². The molecular weight excluding hydrogens is 1510 g/mol. The molecule has 23 nitrogen and oxygen atoms in total. The van der Waals surface area contributed by atoms with E-state index in [1.165, 1.54) is 33.4 Å². The van der Waals surface area contributed by atoms with Crippen molar-refractivity contribution in [1.82, 2.24) is 99.3 Å². The third kappa shape index (κ3) is 20.4. The number of piperazine rings is 3. The maximum atomic E-state index is 14.1. The molecule has 5 atom stereocenters. The standard InChI is InChI=1S/2C31H33BrClN7O.C17H24N6O/c2*32-25-15-24-5-4-23-16-26(33)6-7-27(23)30(29(24)37-18-25)39-14-10-36-28(20-39)31(41)40(19-22-3-1-8-34-17-22)12-2-11-38-13-9-35-21-38;24-17(16-12-19-5-6-21-16)23(13-15-3-1-4-18-11-15)9-2-8-22-10-7-20-14-22/h2*1,3,6-9,13,15-18,21,28,30,36H,2,4-5,10-12,14,19-20H2;1,3-4,7,10-11,14,16,19,21H,2,5-6,8-9,12-13H2/t28-,30+;28-,30-;16-/m111/s1. The predicted molar refractivity (Wildman–Crippen MR) is 416 cm³/mol. The molecule has 8 aromatic heterocycles. The van der Waals surface area contributed by atoms with E-state index in [1.807, 2.05) is 139 Å². The van der Waals surface area contributed by atoms with Gasteiger partial charge in [0.1, 0.15) is 0 Å². The van der Waals surface area contributed by atoms with Gasteiger partial charge in [-0.2, -0.15) is 0 Å². The first kappa shape index (κ1) is 75.8. The molecular formula is C79H90Br2Cl2N20O3. The number of halogens is 4. The van der Waals surface area contributed by atoms with E-state index in [2.05, 4.69) is 129 Å². The molecule has 0 bridgehead atoms. The monoisotopic (exact) mass is 1590 g/mol. The summed E-state index contributed by atoms with van der Waals surface area (Å²) in [7, 11) is 0. The Balaban J connectivity index is 0.000000146. The number of nitrogens with one attached hydrogen (secondary N) is 4. The van der Waals surface area contributed by atoms with E-state index in [9.17, 15) is 14.4 Å². The number of rotatable bonds is 23. The Hall–Kier alpha value is -8.47. The van der Waals surface area contributed by atoms with Crippen LogP contribution >= 0.6 is 55.1 Å². The summed E-state index contributed by atoms with van der Waals surface area (Å²) in [5, 5.41) is 15.1. The number of aromatic nitrogens is 11. The molecule has 27 heteroatoms. The lowest BCUT2D eigenvalue weighted by atomic mass is 9.95. The Morgan fingerprint density at radius 1 is 0.453 bits per heavy atom. The molecule has 0 radical (unpaired) electrons. The van der Waals surface area contributed by atoms with Crippen LogP contribution < -0.4 is 21.3 Å². The van der Waals surface area contributed by atoms with E-state index in [0.717, 1.165) is 151 Å². The van der Waals surface area contributed by atoms with E-state index >= 15 is 0 Å². The molecule has 0 saturated carbocycles. The molecule has 15 rings (SSSR count). The lowest BCUT2D eigenvalue weighted by Crippen LogP contribution is -2.58. The number of pyridine rings is 5. The van der Waals surface area contributed by atoms with Crippen LogP contribution in [0.1, 0.15) is 92.8 Å². The highest BCUT2D eigenvalue weighted by Crippen LogP contribution is 2.40. The summed E-state index contributed by atoms with van der Waals surface area (Å²) in [5.74, 6) is 0.368. The average Bonchev–Trinajstić information content (AvgIpc) is 1.53. The summed E-state index contributed by atoms with van der Waals surface area (Å²) >= 11 is 20.1. The molecule has 3 fully saturated rings. The zero-order valence-corrected chi connectivity index (χ0v) is 64.0. The fraction of sp³-hybridized carbons (Fsp3) is 0.380. The summed E-state index contributed by atoms with van der Waals surface area (Å²) in [4.78, 5) is 86.7. The second-order valence-corrected chi connectivity index (χ2v) is 30.1. The molecule has 5 aliphatic rings. The molecule has 552 valence electrons. The minimum absolute atomic E-state index is 0.0433. The van der Waals surface area contributed by atoms with Gasteiger partial charge >= 0.3 is 0 Å². The van der Waals surface area contributed by atoms with Crippen molar-refractivity contribution in [2.45, 2.75) is 114 Å². The van der Waals surface area contributed by atoms with Crippen LogP contribution in [0.2, 0.25) is 10.0 Å². The fourth-order valence-corrected chi connectivity index (χ4v) is 16.1. The Morgan fingerprint density at radius 2 is 0.849 bits per heavy atom. The van der Waals surface area contributed by atoms with E-state index in [-0.39, 0.29) is 47.9 Å². The average molecular weight is 1600 g/mol. The van der Waals surface area contributed by atoms with Crippen molar-refractivity contribution in [3.05, 3.63) is 271 Å². The number of fused-ring (bicyclic) bond motifs is 4. The number of amides is 3. The second kappa shape index (κ2) is 37.9. The van der Waals surface area contributed by atoms with Crippen LogP contribution in [0.5, 0.6) is 0 Å². The van der Waals surface area contributed by atoms with Crippen LogP contribution in [-0.4, -0.2) is 192 Å². The van der Waals surface area contributed by atoms with Gasteiger partial charge in [-0.25, -0.2) is 15.0 Å². The van der Waals surface area contributed by atoms with E-state index in [0.29, 0.717) is 58.9 Å². The number of hydrogen-bond donors (Lipinski definition) is 4. The molecule has 11 heterocycles. The highest BCUT2D eigenvalue weighted by molar-refractivity contribution is 9.10. The van der Waals surface area contributed by atoms with Gasteiger partial charge < -0.3 is 49.7 Å². The van der Waals surface area contributed by atoms with Crippen LogP contribution in [0.15, 0.2) is 200 Å². The molecule has 10 aromatic rings. The van der Waals surface area contributed by atoms with Crippen LogP contribution in [0, 0.1) is 0 Å². The van der Waals surface area contributed by atoms with E-state index in [1.54, 1.807) is 43.5 Å². The Labute approximate surface area is 646 Å². The summed E-state index contributed by atoms with van der Waals surface area (Å²) in [6.07, 6.45) is 37.3. The van der Waals surface area contributed by atoms with E-state index < -0.39 is 0 Å². The van der Waals surface area contributed by atoms with Gasteiger partial charge in [0.15, 0.2) is 0 Å². The Morgan fingerprint density at radius 3 is 1.22 bits per heavy atom. The highest BCUT2D eigenvalue weighted by Gasteiger charge is 2.39. The van der Waals surface area contributed by atoms with Gasteiger partial charge in [0.25, 0.3) is 0 Å². The zero-order valence-electron chi connectivity index (χ0n) is 59.4. The number of carbonyl (C=O) groups excluding carboxylic acids is 3. The number of benzene rings is 2. The maximum absolute atomic E-state index is 14.1. The van der Waals surface area contributed by atoms with Crippen molar-refractivity contribution >= 4 is 72.8 Å². The number of nitrogens with zero attached hydrogens (tertiary/aromatic N) is 16. The third-order valence-corrected chi connectivity index (χ3v) is 21.4. The molecule has 3 aliphatic heterocycles. The summed E-state index contributed by atoms with van der Waals surface area (Å²) in [6, 6.07) is 27.7. The molecule has 4 N–H and O–H groups in total. The number of aryl methyl sites for hydroxylation is 7. The van der Waals surface area contributed by atoms with Crippen LogP contribution in [0.4, 0.5) is 0 Å². The minimum Gasteiger partial charge on any atom is -0.337 e. The van der Waals surface area contributed by atoms with Crippen molar-refractivity contribution in [3.8, 4) is 0 Å². The van der Waals surface area contributed by atoms with Gasteiger partial charge in [0.05, 0.1) is 60.6 Å². The normalized spacial score (nSPS) is 18.5. The Kier molecular flexibility index (Phi) is 27.1. The van der Waals surface area contributed by atoms with Gasteiger partial charge in [0, 0.05) is 224 Å². The third-order valence-electron chi connectivity index (χ3n) is 20.1. The molecule has 2 aliphatic carbocycles. The van der Waals surface area contributed by atoms with Crippen molar-refractivity contribution in [2.24, 2.45) is 0 Å². The first-order valence-electron chi connectivity index (χ1n) is 36.6. The maximum Gasteiger partial charge on any atom is 0.241 e. The molecule has 2 aromatic carbocycles. The minimum atomic E-state index is -0.327. The lowest BCUT2D eigenvalue weighted by molar-refractivity contribution is -0.136. The smallest absolute Gasteiger partial charge is 0.241 e. The molecule has 3 saturated heterocycles. The zero-order chi connectivity index (χ0) is 73.0. The fourth-order valence-electron chi connectivity index (χ4n) is 14.9. The van der Waals surface area contributed by atoms with Crippen molar-refractivity contribution in [1.29, 1.82) is 0 Å².